The van der Waals surface area contributed by atoms with Crippen molar-refractivity contribution < 1.29 is 4.79 Å². The highest BCUT2D eigenvalue weighted by Crippen LogP contribution is 2.26. The van der Waals surface area contributed by atoms with Gasteiger partial charge in [0.2, 0.25) is 0 Å². The normalized spacial score (nSPS) is 14.1. The van der Waals surface area contributed by atoms with Crippen molar-refractivity contribution in [3.63, 3.8) is 0 Å². The van der Waals surface area contributed by atoms with Crippen LogP contribution in [0.1, 0.15) is 39.0 Å². The molecule has 4 heteroatoms. The summed E-state index contributed by atoms with van der Waals surface area (Å²) in [5, 5.41) is 3.69. The lowest BCUT2D eigenvalue weighted by Crippen LogP contribution is -2.39. The van der Waals surface area contributed by atoms with E-state index in [9.17, 15) is 4.79 Å². The molecule has 0 spiro atoms. The van der Waals surface area contributed by atoms with Crippen LogP contribution in [0.5, 0.6) is 0 Å². The number of carbonyl (C=O) groups is 1. The lowest BCUT2D eigenvalue weighted by atomic mass is 9.91. The Labute approximate surface area is 178 Å². The SMILES string of the molecule is Cc1ccc2c(c1C)CCN(CCCN(C)CCc1csc3ccccc13)C2=O. The molecule has 1 aliphatic rings. The van der Waals surface area contributed by atoms with E-state index in [1.807, 2.05) is 22.3 Å². The third-order valence-electron chi connectivity index (χ3n) is 6.31. The van der Waals surface area contributed by atoms with Crippen molar-refractivity contribution in [1.82, 2.24) is 9.80 Å². The van der Waals surface area contributed by atoms with Crippen molar-refractivity contribution in [1.29, 1.82) is 0 Å². The van der Waals surface area contributed by atoms with Crippen molar-refractivity contribution >= 4 is 27.3 Å². The van der Waals surface area contributed by atoms with Crippen molar-refractivity contribution in [2.45, 2.75) is 33.1 Å². The summed E-state index contributed by atoms with van der Waals surface area (Å²) in [5.74, 6) is 0.210. The summed E-state index contributed by atoms with van der Waals surface area (Å²) in [6, 6.07) is 12.8. The second kappa shape index (κ2) is 8.68. The smallest absolute Gasteiger partial charge is 0.254 e. The monoisotopic (exact) mass is 406 g/mol. The largest absolute Gasteiger partial charge is 0.338 e. The molecular formula is C25H30N2OS. The number of carbonyl (C=O) groups excluding carboxylic acids is 1. The number of aryl methyl sites for hydroxylation is 1. The maximum atomic E-state index is 12.9. The molecule has 1 aliphatic heterocycles. The van der Waals surface area contributed by atoms with Crippen LogP contribution in [0.25, 0.3) is 10.1 Å². The number of likely N-dealkylation sites (N-methyl/N-ethyl adjacent to an activating group) is 1. The van der Waals surface area contributed by atoms with Gasteiger partial charge in [-0.2, -0.15) is 0 Å². The fraction of sp³-hybridized carbons (Fsp3) is 0.400. The van der Waals surface area contributed by atoms with E-state index in [0.29, 0.717) is 0 Å². The molecule has 152 valence electrons. The van der Waals surface area contributed by atoms with Gasteiger partial charge < -0.3 is 9.80 Å². The Morgan fingerprint density at radius 3 is 2.79 bits per heavy atom. The Morgan fingerprint density at radius 1 is 1.10 bits per heavy atom. The standard InChI is InChI=1S/C25H30N2OS/c1-18-9-10-23-21(19(18)2)12-16-27(25(23)28)14-6-13-26(3)15-11-20-17-29-24-8-5-4-7-22(20)24/h4-5,7-10,17H,6,11-16H2,1-3H3. The predicted octanol–water partition coefficient (Wildman–Crippen LogP) is 5.08. The van der Waals surface area contributed by atoms with Gasteiger partial charge in [-0.15, -0.1) is 11.3 Å². The van der Waals surface area contributed by atoms with E-state index in [1.165, 1.54) is 32.3 Å². The van der Waals surface area contributed by atoms with Gasteiger partial charge in [0.25, 0.3) is 5.91 Å². The molecule has 0 saturated carbocycles. The number of rotatable bonds is 7. The van der Waals surface area contributed by atoms with E-state index < -0.39 is 0 Å². The summed E-state index contributed by atoms with van der Waals surface area (Å²) in [6.45, 7) is 8.03. The first-order chi connectivity index (χ1) is 14.0. The average molecular weight is 407 g/mol. The second-order valence-electron chi connectivity index (χ2n) is 8.24. The molecule has 4 rings (SSSR count). The highest BCUT2D eigenvalue weighted by atomic mass is 32.1. The van der Waals surface area contributed by atoms with Gasteiger partial charge in [0.15, 0.2) is 0 Å². The third-order valence-corrected chi connectivity index (χ3v) is 7.32. The molecule has 0 bridgehead atoms. The van der Waals surface area contributed by atoms with Crippen molar-refractivity contribution in [2.75, 3.05) is 33.2 Å². The summed E-state index contributed by atoms with van der Waals surface area (Å²) in [7, 11) is 2.19. The van der Waals surface area contributed by atoms with Gasteiger partial charge in [-0.3, -0.25) is 4.79 Å². The van der Waals surface area contributed by atoms with Gasteiger partial charge >= 0.3 is 0 Å². The van der Waals surface area contributed by atoms with E-state index in [0.717, 1.165) is 51.0 Å². The van der Waals surface area contributed by atoms with Gasteiger partial charge in [0, 0.05) is 29.9 Å². The van der Waals surface area contributed by atoms with Gasteiger partial charge in [-0.1, -0.05) is 24.3 Å². The minimum absolute atomic E-state index is 0.210. The third kappa shape index (κ3) is 4.24. The van der Waals surface area contributed by atoms with Crippen LogP contribution in [0, 0.1) is 13.8 Å². The van der Waals surface area contributed by atoms with Crippen LogP contribution in [0.2, 0.25) is 0 Å². The molecule has 0 aliphatic carbocycles. The molecule has 3 nitrogen and oxygen atoms in total. The average Bonchev–Trinajstić information content (AvgIpc) is 3.14. The Bertz CT molecular complexity index is 1020. The van der Waals surface area contributed by atoms with Crippen molar-refractivity contribution in [3.8, 4) is 0 Å². The van der Waals surface area contributed by atoms with E-state index >= 15 is 0 Å². The van der Waals surface area contributed by atoms with Crippen LogP contribution in [0.3, 0.4) is 0 Å². The molecule has 2 aromatic carbocycles. The van der Waals surface area contributed by atoms with Crippen LogP contribution in [-0.2, 0) is 12.8 Å². The summed E-state index contributed by atoms with van der Waals surface area (Å²) in [6.07, 6.45) is 3.08. The van der Waals surface area contributed by atoms with E-state index in [2.05, 4.69) is 61.5 Å². The van der Waals surface area contributed by atoms with Crippen LogP contribution < -0.4 is 0 Å². The summed E-state index contributed by atoms with van der Waals surface area (Å²) >= 11 is 1.84. The highest BCUT2D eigenvalue weighted by Gasteiger charge is 2.25. The molecule has 2 heterocycles. The van der Waals surface area contributed by atoms with Crippen molar-refractivity contribution in [2.24, 2.45) is 0 Å². The molecule has 1 aromatic heterocycles. The zero-order chi connectivity index (χ0) is 20.4. The van der Waals surface area contributed by atoms with E-state index in [1.54, 1.807) is 0 Å². The predicted molar refractivity (Wildman–Crippen MR) is 123 cm³/mol. The fourth-order valence-electron chi connectivity index (χ4n) is 4.31. The van der Waals surface area contributed by atoms with Crippen LogP contribution in [-0.4, -0.2) is 48.9 Å². The molecule has 1 amide bonds. The van der Waals surface area contributed by atoms with Crippen molar-refractivity contribution in [3.05, 3.63) is 69.6 Å². The Morgan fingerprint density at radius 2 is 1.93 bits per heavy atom. The minimum Gasteiger partial charge on any atom is -0.338 e. The quantitative estimate of drug-likeness (QED) is 0.546. The number of hydrogen-bond donors (Lipinski definition) is 0. The first-order valence-electron chi connectivity index (χ1n) is 10.6. The van der Waals surface area contributed by atoms with E-state index in [4.69, 9.17) is 0 Å². The molecular weight excluding hydrogens is 376 g/mol. The molecule has 0 unspecified atom stereocenters. The molecule has 0 N–H and O–H groups in total. The number of benzene rings is 2. The van der Waals surface area contributed by atoms with Gasteiger partial charge in [0.05, 0.1) is 0 Å². The molecule has 0 radical (unpaired) electrons. The highest BCUT2D eigenvalue weighted by molar-refractivity contribution is 7.17. The number of amides is 1. The second-order valence-corrected chi connectivity index (χ2v) is 9.15. The zero-order valence-electron chi connectivity index (χ0n) is 17.7. The fourth-order valence-corrected chi connectivity index (χ4v) is 5.31. The van der Waals surface area contributed by atoms with Gasteiger partial charge in [-0.25, -0.2) is 0 Å². The Kier molecular flexibility index (Phi) is 6.02. The lowest BCUT2D eigenvalue weighted by Gasteiger charge is -2.30. The molecule has 0 saturated heterocycles. The maximum Gasteiger partial charge on any atom is 0.254 e. The van der Waals surface area contributed by atoms with Gasteiger partial charge in [0.1, 0.15) is 0 Å². The first kappa shape index (κ1) is 20.1. The molecule has 0 fully saturated rings. The molecule has 29 heavy (non-hydrogen) atoms. The maximum absolute atomic E-state index is 12.9. The topological polar surface area (TPSA) is 23.6 Å². The molecule has 3 aromatic rings. The number of thiophene rings is 1. The minimum atomic E-state index is 0.210. The van der Waals surface area contributed by atoms with E-state index in [-0.39, 0.29) is 5.91 Å². The molecule has 0 atom stereocenters. The summed E-state index contributed by atoms with van der Waals surface area (Å²) in [4.78, 5) is 17.3. The van der Waals surface area contributed by atoms with Gasteiger partial charge in [-0.05, 0) is 91.9 Å². The van der Waals surface area contributed by atoms with Crippen LogP contribution in [0.15, 0.2) is 41.8 Å². The van der Waals surface area contributed by atoms with Crippen LogP contribution >= 0.6 is 11.3 Å². The number of fused-ring (bicyclic) bond motifs is 2. The number of nitrogens with zero attached hydrogens (tertiary/aromatic N) is 2. The summed E-state index contributed by atoms with van der Waals surface area (Å²) < 4.78 is 1.37. The first-order valence-corrected chi connectivity index (χ1v) is 11.4. The Hall–Kier alpha value is -2.17. The zero-order valence-corrected chi connectivity index (χ0v) is 18.5. The summed E-state index contributed by atoms with van der Waals surface area (Å²) in [5.41, 5.74) is 6.19. The lowest BCUT2D eigenvalue weighted by molar-refractivity contribution is 0.0733. The number of hydrogen-bond acceptors (Lipinski definition) is 3. The Balaban J connectivity index is 1.27. The van der Waals surface area contributed by atoms with Crippen LogP contribution in [0.4, 0.5) is 0 Å².